The van der Waals surface area contributed by atoms with E-state index in [-0.39, 0.29) is 17.8 Å². The molecule has 5 nitrogen and oxygen atoms in total. The summed E-state index contributed by atoms with van der Waals surface area (Å²) in [5, 5.41) is 2.86. The lowest BCUT2D eigenvalue weighted by Gasteiger charge is -2.22. The van der Waals surface area contributed by atoms with Gasteiger partial charge >= 0.3 is 6.03 Å². The standard InChI is InChI=1S/C19H20FN3O2/c20-16-9-7-15(8-10-16)18(24)22-11-4-12-23(14-13-22)19(25)21-17-5-2-1-3-6-17/h1-3,5-10H,4,11-14H2,(H,21,25). The van der Waals surface area contributed by atoms with Gasteiger partial charge in [0, 0.05) is 37.4 Å². The molecule has 0 bridgehead atoms. The minimum atomic E-state index is -0.365. The molecule has 1 N–H and O–H groups in total. The first-order valence-electron chi connectivity index (χ1n) is 8.29. The van der Waals surface area contributed by atoms with Crippen molar-refractivity contribution in [3.63, 3.8) is 0 Å². The van der Waals surface area contributed by atoms with Crippen LogP contribution in [0.4, 0.5) is 14.9 Å². The highest BCUT2D eigenvalue weighted by Crippen LogP contribution is 2.12. The molecule has 0 aromatic heterocycles. The van der Waals surface area contributed by atoms with Gasteiger partial charge in [0.1, 0.15) is 5.82 Å². The van der Waals surface area contributed by atoms with Crippen LogP contribution in [0.1, 0.15) is 16.8 Å². The van der Waals surface area contributed by atoms with E-state index in [1.54, 1.807) is 9.80 Å². The third kappa shape index (κ3) is 4.35. The summed E-state index contributed by atoms with van der Waals surface area (Å²) in [5.41, 5.74) is 1.21. The van der Waals surface area contributed by atoms with Crippen molar-refractivity contribution in [2.75, 3.05) is 31.5 Å². The lowest BCUT2D eigenvalue weighted by atomic mass is 10.2. The number of anilines is 1. The third-order valence-electron chi connectivity index (χ3n) is 4.19. The van der Waals surface area contributed by atoms with Crippen LogP contribution in [0, 0.1) is 5.82 Å². The van der Waals surface area contributed by atoms with Crippen LogP contribution in [0.3, 0.4) is 0 Å². The van der Waals surface area contributed by atoms with Gasteiger partial charge in [0.15, 0.2) is 0 Å². The lowest BCUT2D eigenvalue weighted by Crippen LogP contribution is -2.39. The molecule has 1 saturated heterocycles. The molecule has 0 spiro atoms. The topological polar surface area (TPSA) is 52.7 Å². The number of carbonyl (C=O) groups is 2. The Hall–Kier alpha value is -2.89. The summed E-state index contributed by atoms with van der Waals surface area (Å²) >= 11 is 0. The maximum atomic E-state index is 13.0. The van der Waals surface area contributed by atoms with E-state index >= 15 is 0 Å². The summed E-state index contributed by atoms with van der Waals surface area (Å²) in [7, 11) is 0. The lowest BCUT2D eigenvalue weighted by molar-refractivity contribution is 0.0762. The normalized spacial score (nSPS) is 14.8. The maximum absolute atomic E-state index is 13.0. The number of hydrogen-bond donors (Lipinski definition) is 1. The van der Waals surface area contributed by atoms with E-state index in [0.29, 0.717) is 38.2 Å². The molecule has 0 aliphatic carbocycles. The number of nitrogens with zero attached hydrogens (tertiary/aromatic N) is 2. The summed E-state index contributed by atoms with van der Waals surface area (Å²) in [5.74, 6) is -0.499. The SMILES string of the molecule is O=C(Nc1ccccc1)N1CCCN(C(=O)c2ccc(F)cc2)CC1. The Bertz CT molecular complexity index is 734. The minimum Gasteiger partial charge on any atom is -0.337 e. The first-order chi connectivity index (χ1) is 12.1. The summed E-state index contributed by atoms with van der Waals surface area (Å²) in [4.78, 5) is 28.3. The molecule has 6 heteroatoms. The van der Waals surface area contributed by atoms with Crippen molar-refractivity contribution in [1.29, 1.82) is 0 Å². The van der Waals surface area contributed by atoms with Crippen LogP contribution in [-0.4, -0.2) is 47.9 Å². The number of amides is 3. The summed E-state index contributed by atoms with van der Waals surface area (Å²) in [6.07, 6.45) is 0.704. The van der Waals surface area contributed by atoms with Crippen LogP contribution in [0.15, 0.2) is 54.6 Å². The van der Waals surface area contributed by atoms with Gasteiger partial charge < -0.3 is 15.1 Å². The van der Waals surface area contributed by atoms with Crippen molar-refractivity contribution in [1.82, 2.24) is 9.80 Å². The van der Waals surface area contributed by atoms with Gasteiger partial charge in [-0.2, -0.15) is 0 Å². The monoisotopic (exact) mass is 341 g/mol. The number of para-hydroxylation sites is 1. The molecule has 130 valence electrons. The quantitative estimate of drug-likeness (QED) is 0.912. The Morgan fingerprint density at radius 1 is 0.840 bits per heavy atom. The molecule has 0 saturated carbocycles. The molecule has 1 heterocycles. The van der Waals surface area contributed by atoms with Crippen LogP contribution in [0.5, 0.6) is 0 Å². The predicted molar refractivity (Wildman–Crippen MR) is 94.0 cm³/mol. The molecule has 1 aliphatic heterocycles. The molecule has 1 aliphatic rings. The zero-order chi connectivity index (χ0) is 17.6. The molecule has 0 unspecified atom stereocenters. The molecule has 2 aromatic carbocycles. The Labute approximate surface area is 146 Å². The Balaban J connectivity index is 1.59. The van der Waals surface area contributed by atoms with Crippen molar-refractivity contribution >= 4 is 17.6 Å². The first-order valence-corrected chi connectivity index (χ1v) is 8.29. The fourth-order valence-corrected chi connectivity index (χ4v) is 2.82. The molecule has 0 radical (unpaired) electrons. The fourth-order valence-electron chi connectivity index (χ4n) is 2.82. The zero-order valence-corrected chi connectivity index (χ0v) is 13.8. The molecule has 3 rings (SSSR count). The minimum absolute atomic E-state index is 0.134. The van der Waals surface area contributed by atoms with Gasteiger partial charge in [-0.1, -0.05) is 18.2 Å². The van der Waals surface area contributed by atoms with Crippen LogP contribution in [0.2, 0.25) is 0 Å². The number of nitrogens with one attached hydrogen (secondary N) is 1. The van der Waals surface area contributed by atoms with Crippen molar-refractivity contribution in [3.8, 4) is 0 Å². The molecule has 3 amide bonds. The van der Waals surface area contributed by atoms with Crippen molar-refractivity contribution in [2.45, 2.75) is 6.42 Å². The highest BCUT2D eigenvalue weighted by Gasteiger charge is 2.22. The van der Waals surface area contributed by atoms with Gasteiger partial charge in [-0.05, 0) is 42.8 Å². The zero-order valence-electron chi connectivity index (χ0n) is 13.8. The van der Waals surface area contributed by atoms with E-state index in [1.165, 1.54) is 24.3 Å². The van der Waals surface area contributed by atoms with Crippen LogP contribution in [-0.2, 0) is 0 Å². The van der Waals surface area contributed by atoms with Gasteiger partial charge in [0.25, 0.3) is 5.91 Å². The second kappa shape index (κ2) is 7.79. The average Bonchev–Trinajstić information content (AvgIpc) is 2.89. The van der Waals surface area contributed by atoms with E-state index in [9.17, 15) is 14.0 Å². The number of carbonyl (C=O) groups excluding carboxylic acids is 2. The predicted octanol–water partition coefficient (Wildman–Crippen LogP) is 3.21. The van der Waals surface area contributed by atoms with Crippen LogP contribution < -0.4 is 5.32 Å². The summed E-state index contributed by atoms with van der Waals surface area (Å²) < 4.78 is 13.0. The van der Waals surface area contributed by atoms with Crippen LogP contribution in [0.25, 0.3) is 0 Å². The van der Waals surface area contributed by atoms with Crippen molar-refractivity contribution < 1.29 is 14.0 Å². The molecule has 1 fully saturated rings. The number of urea groups is 1. The molecule has 25 heavy (non-hydrogen) atoms. The first kappa shape index (κ1) is 17.0. The van der Waals surface area contributed by atoms with E-state index in [1.807, 2.05) is 30.3 Å². The number of benzene rings is 2. The third-order valence-corrected chi connectivity index (χ3v) is 4.19. The Morgan fingerprint density at radius 3 is 2.20 bits per heavy atom. The maximum Gasteiger partial charge on any atom is 0.321 e. The van der Waals surface area contributed by atoms with Gasteiger partial charge in [-0.25, -0.2) is 9.18 Å². The Morgan fingerprint density at radius 2 is 1.48 bits per heavy atom. The highest BCUT2D eigenvalue weighted by atomic mass is 19.1. The fraction of sp³-hybridized carbons (Fsp3) is 0.263. The van der Waals surface area contributed by atoms with E-state index < -0.39 is 0 Å². The second-order valence-electron chi connectivity index (χ2n) is 5.94. The smallest absolute Gasteiger partial charge is 0.321 e. The van der Waals surface area contributed by atoms with E-state index in [2.05, 4.69) is 5.32 Å². The van der Waals surface area contributed by atoms with Crippen molar-refractivity contribution in [3.05, 3.63) is 66.0 Å². The van der Waals surface area contributed by atoms with Gasteiger partial charge in [-0.15, -0.1) is 0 Å². The molecule has 0 atom stereocenters. The van der Waals surface area contributed by atoms with Gasteiger partial charge in [0.2, 0.25) is 0 Å². The Kier molecular flexibility index (Phi) is 5.28. The largest absolute Gasteiger partial charge is 0.337 e. The molecular formula is C19H20FN3O2. The van der Waals surface area contributed by atoms with E-state index in [0.717, 1.165) is 5.69 Å². The van der Waals surface area contributed by atoms with Gasteiger partial charge in [-0.3, -0.25) is 4.79 Å². The van der Waals surface area contributed by atoms with Crippen LogP contribution >= 0.6 is 0 Å². The number of halogens is 1. The van der Waals surface area contributed by atoms with E-state index in [4.69, 9.17) is 0 Å². The second-order valence-corrected chi connectivity index (χ2v) is 5.94. The summed E-state index contributed by atoms with van der Waals surface area (Å²) in [6.45, 7) is 2.08. The highest BCUT2D eigenvalue weighted by molar-refractivity contribution is 5.94. The molecule has 2 aromatic rings. The number of hydrogen-bond acceptors (Lipinski definition) is 2. The van der Waals surface area contributed by atoms with Crippen molar-refractivity contribution in [2.24, 2.45) is 0 Å². The number of rotatable bonds is 2. The summed E-state index contributed by atoms with van der Waals surface area (Å²) in [6, 6.07) is 14.7. The van der Waals surface area contributed by atoms with Gasteiger partial charge in [0.05, 0.1) is 0 Å². The average molecular weight is 341 g/mol. The molecular weight excluding hydrogens is 321 g/mol.